The molecule has 1 atom stereocenters. The molecule has 0 radical (unpaired) electrons. The van der Waals surface area contributed by atoms with Crippen LogP contribution in [0.5, 0.6) is 0 Å². The molecule has 0 aliphatic carbocycles. The lowest BCUT2D eigenvalue weighted by atomic mass is 10.0. The van der Waals surface area contributed by atoms with Crippen molar-refractivity contribution in [2.45, 2.75) is 25.5 Å². The molecule has 0 saturated carbocycles. The highest BCUT2D eigenvalue weighted by molar-refractivity contribution is 5.99. The van der Waals surface area contributed by atoms with Crippen molar-refractivity contribution in [1.82, 2.24) is 4.90 Å². The minimum absolute atomic E-state index is 0.0283. The average molecular weight is 430 g/mol. The summed E-state index contributed by atoms with van der Waals surface area (Å²) in [6.45, 7) is 0.698. The molecule has 4 rings (SSSR count). The van der Waals surface area contributed by atoms with Gasteiger partial charge in [-0.05, 0) is 41.7 Å². The standard InChI is InChI=1S/C26H27N3O3/c27-19-29(23-14-7-13-22(17-23)21-11-5-2-6-12-21)25(30)24-15-8-16-28(24)26(31)32-18-20-9-3-1-4-10-20/h1-7,9-14,17,24H,8,15-16,18-19,27H2. The van der Waals surface area contributed by atoms with Crippen LogP contribution in [0.3, 0.4) is 0 Å². The molecular formula is C26H27N3O3. The number of nitrogens with two attached hydrogens (primary N) is 1. The number of anilines is 1. The van der Waals surface area contributed by atoms with Crippen LogP contribution in [0.25, 0.3) is 11.1 Å². The highest BCUT2D eigenvalue weighted by atomic mass is 16.6. The molecule has 32 heavy (non-hydrogen) atoms. The zero-order valence-electron chi connectivity index (χ0n) is 17.9. The Morgan fingerprint density at radius 3 is 2.34 bits per heavy atom. The lowest BCUT2D eigenvalue weighted by molar-refractivity contribution is -0.122. The van der Waals surface area contributed by atoms with Gasteiger partial charge in [-0.15, -0.1) is 0 Å². The quantitative estimate of drug-likeness (QED) is 0.589. The van der Waals surface area contributed by atoms with Gasteiger partial charge in [0.15, 0.2) is 0 Å². The zero-order chi connectivity index (χ0) is 22.3. The molecule has 0 aromatic heterocycles. The van der Waals surface area contributed by atoms with Crippen molar-refractivity contribution in [3.63, 3.8) is 0 Å². The molecule has 3 aromatic carbocycles. The third-order valence-corrected chi connectivity index (χ3v) is 5.69. The largest absolute Gasteiger partial charge is 0.445 e. The van der Waals surface area contributed by atoms with Crippen molar-refractivity contribution >= 4 is 17.7 Å². The number of amides is 2. The molecule has 1 heterocycles. The molecule has 1 aliphatic rings. The van der Waals surface area contributed by atoms with Crippen LogP contribution in [0.1, 0.15) is 18.4 Å². The predicted molar refractivity (Wildman–Crippen MR) is 125 cm³/mol. The van der Waals surface area contributed by atoms with Crippen LogP contribution in [0.15, 0.2) is 84.9 Å². The van der Waals surface area contributed by atoms with Gasteiger partial charge < -0.3 is 10.5 Å². The molecule has 3 aromatic rings. The third-order valence-electron chi connectivity index (χ3n) is 5.69. The normalized spacial score (nSPS) is 15.4. The van der Waals surface area contributed by atoms with Gasteiger partial charge in [0, 0.05) is 12.2 Å². The zero-order valence-corrected chi connectivity index (χ0v) is 17.9. The number of benzene rings is 3. The Bertz CT molecular complexity index is 1060. The Labute approximate surface area is 188 Å². The molecule has 2 N–H and O–H groups in total. The topological polar surface area (TPSA) is 75.9 Å². The van der Waals surface area contributed by atoms with Crippen molar-refractivity contribution in [1.29, 1.82) is 0 Å². The van der Waals surface area contributed by atoms with Gasteiger partial charge in [-0.1, -0.05) is 72.8 Å². The number of hydrogen-bond acceptors (Lipinski definition) is 4. The number of hydrogen-bond donors (Lipinski definition) is 1. The van der Waals surface area contributed by atoms with E-state index in [9.17, 15) is 9.59 Å². The maximum Gasteiger partial charge on any atom is 0.410 e. The van der Waals surface area contributed by atoms with E-state index in [1.165, 1.54) is 4.90 Å². The Morgan fingerprint density at radius 2 is 1.62 bits per heavy atom. The highest BCUT2D eigenvalue weighted by Gasteiger charge is 2.37. The van der Waals surface area contributed by atoms with Gasteiger partial charge in [-0.25, -0.2) is 4.79 Å². The summed E-state index contributed by atoms with van der Waals surface area (Å²) in [7, 11) is 0. The number of rotatable bonds is 6. The smallest absolute Gasteiger partial charge is 0.410 e. The van der Waals surface area contributed by atoms with Crippen LogP contribution < -0.4 is 10.6 Å². The molecule has 164 valence electrons. The minimum Gasteiger partial charge on any atom is -0.445 e. The lowest BCUT2D eigenvalue weighted by Crippen LogP contribution is -2.49. The maximum absolute atomic E-state index is 13.4. The summed E-state index contributed by atoms with van der Waals surface area (Å²) in [5, 5.41) is 0. The summed E-state index contributed by atoms with van der Waals surface area (Å²) >= 11 is 0. The molecule has 6 nitrogen and oxygen atoms in total. The number of likely N-dealkylation sites (tertiary alicyclic amines) is 1. The Hall–Kier alpha value is -3.64. The monoisotopic (exact) mass is 429 g/mol. The van der Waals surface area contributed by atoms with Crippen molar-refractivity contribution in [2.24, 2.45) is 5.73 Å². The highest BCUT2D eigenvalue weighted by Crippen LogP contribution is 2.27. The first-order valence-corrected chi connectivity index (χ1v) is 10.8. The second kappa shape index (κ2) is 10.1. The lowest BCUT2D eigenvalue weighted by Gasteiger charge is -2.29. The van der Waals surface area contributed by atoms with Crippen LogP contribution >= 0.6 is 0 Å². The molecule has 6 heteroatoms. The van der Waals surface area contributed by atoms with Gasteiger partial charge in [-0.3, -0.25) is 14.6 Å². The van der Waals surface area contributed by atoms with Crippen LogP contribution in [0.2, 0.25) is 0 Å². The SMILES string of the molecule is NCN(C(=O)C1CCCN1C(=O)OCc1ccccc1)c1cccc(-c2ccccc2)c1. The molecular weight excluding hydrogens is 402 g/mol. The van der Waals surface area contributed by atoms with E-state index in [4.69, 9.17) is 10.5 Å². The summed E-state index contributed by atoms with van der Waals surface area (Å²) in [4.78, 5) is 29.2. The summed E-state index contributed by atoms with van der Waals surface area (Å²) in [6, 6.07) is 26.6. The van der Waals surface area contributed by atoms with Gasteiger partial charge in [0.2, 0.25) is 0 Å². The summed E-state index contributed by atoms with van der Waals surface area (Å²) in [5.74, 6) is -0.188. The average Bonchev–Trinajstić information content (AvgIpc) is 3.35. The van der Waals surface area contributed by atoms with Gasteiger partial charge in [0.25, 0.3) is 5.91 Å². The van der Waals surface area contributed by atoms with Crippen LogP contribution in [0.4, 0.5) is 10.5 Å². The molecule has 0 spiro atoms. The third kappa shape index (κ3) is 4.81. The first-order valence-electron chi connectivity index (χ1n) is 10.8. The Morgan fingerprint density at radius 1 is 0.938 bits per heavy atom. The van der Waals surface area contributed by atoms with E-state index >= 15 is 0 Å². The molecule has 2 amide bonds. The van der Waals surface area contributed by atoms with Crippen LogP contribution in [0, 0.1) is 0 Å². The summed E-state index contributed by atoms with van der Waals surface area (Å²) in [6.07, 6.45) is 0.868. The summed E-state index contributed by atoms with van der Waals surface area (Å²) in [5.41, 5.74) is 9.67. The fourth-order valence-electron chi connectivity index (χ4n) is 4.03. The summed E-state index contributed by atoms with van der Waals surface area (Å²) < 4.78 is 5.47. The number of carbonyl (C=O) groups excluding carboxylic acids is 2. The molecule has 1 saturated heterocycles. The number of carbonyl (C=O) groups is 2. The Balaban J connectivity index is 1.48. The first-order chi connectivity index (χ1) is 15.7. The first kappa shape index (κ1) is 21.6. The van der Waals surface area contributed by atoms with E-state index < -0.39 is 12.1 Å². The van der Waals surface area contributed by atoms with Crippen molar-refractivity contribution in [3.8, 4) is 11.1 Å². The number of ether oxygens (including phenoxy) is 1. The number of nitrogens with zero attached hydrogens (tertiary/aromatic N) is 2. The van der Waals surface area contributed by atoms with E-state index in [0.717, 1.165) is 23.1 Å². The van der Waals surface area contributed by atoms with Gasteiger partial charge >= 0.3 is 6.09 Å². The van der Waals surface area contributed by atoms with Crippen molar-refractivity contribution in [2.75, 3.05) is 18.1 Å². The van der Waals surface area contributed by atoms with E-state index in [1.54, 1.807) is 4.90 Å². The minimum atomic E-state index is -0.581. The van der Waals surface area contributed by atoms with Crippen molar-refractivity contribution in [3.05, 3.63) is 90.5 Å². The predicted octanol–water partition coefficient (Wildman–Crippen LogP) is 4.40. The van der Waals surface area contributed by atoms with E-state index in [2.05, 4.69) is 0 Å². The van der Waals surface area contributed by atoms with E-state index in [1.807, 2.05) is 84.9 Å². The molecule has 1 unspecified atom stereocenters. The van der Waals surface area contributed by atoms with Crippen LogP contribution in [-0.2, 0) is 16.1 Å². The maximum atomic E-state index is 13.4. The molecule has 1 fully saturated rings. The van der Waals surface area contributed by atoms with E-state index in [0.29, 0.717) is 18.7 Å². The molecule has 0 bridgehead atoms. The van der Waals surface area contributed by atoms with Gasteiger partial charge in [0.05, 0.1) is 6.67 Å². The van der Waals surface area contributed by atoms with Crippen molar-refractivity contribution < 1.29 is 14.3 Å². The van der Waals surface area contributed by atoms with Gasteiger partial charge in [-0.2, -0.15) is 0 Å². The molecule has 1 aliphatic heterocycles. The fraction of sp³-hybridized carbons (Fsp3) is 0.231. The second-order valence-corrected chi connectivity index (χ2v) is 7.76. The van der Waals surface area contributed by atoms with Gasteiger partial charge in [0.1, 0.15) is 12.6 Å². The Kier molecular flexibility index (Phi) is 6.82. The second-order valence-electron chi connectivity index (χ2n) is 7.76. The van der Waals surface area contributed by atoms with Crippen LogP contribution in [-0.4, -0.2) is 36.2 Å². The van der Waals surface area contributed by atoms with E-state index in [-0.39, 0.29) is 19.2 Å². The fourth-order valence-corrected chi connectivity index (χ4v) is 4.03.